The summed E-state index contributed by atoms with van der Waals surface area (Å²) < 4.78 is 13.6. The second-order valence-electron chi connectivity index (χ2n) is 3.81. The highest BCUT2D eigenvalue weighted by atomic mass is 19.1. The van der Waals surface area contributed by atoms with Gasteiger partial charge in [0.15, 0.2) is 0 Å². The Bertz CT molecular complexity index is 307. The molecular formula is C12H18FN. The molecule has 0 fully saturated rings. The van der Waals surface area contributed by atoms with Gasteiger partial charge in [-0.1, -0.05) is 19.1 Å². The van der Waals surface area contributed by atoms with Gasteiger partial charge in [0.25, 0.3) is 0 Å². The second-order valence-corrected chi connectivity index (χ2v) is 3.81. The van der Waals surface area contributed by atoms with E-state index in [1.54, 1.807) is 6.07 Å². The van der Waals surface area contributed by atoms with E-state index in [2.05, 4.69) is 13.8 Å². The van der Waals surface area contributed by atoms with Gasteiger partial charge in [0.05, 0.1) is 5.69 Å². The fraction of sp³-hybridized carbons (Fsp3) is 0.500. The van der Waals surface area contributed by atoms with E-state index in [1.807, 2.05) is 24.9 Å². The smallest absolute Gasteiger partial charge is 0.146 e. The van der Waals surface area contributed by atoms with Crippen molar-refractivity contribution in [2.45, 2.75) is 33.2 Å². The Morgan fingerprint density at radius 1 is 1.36 bits per heavy atom. The van der Waals surface area contributed by atoms with Gasteiger partial charge in [0, 0.05) is 13.1 Å². The summed E-state index contributed by atoms with van der Waals surface area (Å²) in [5.41, 5.74) is 1.81. The van der Waals surface area contributed by atoms with Crippen LogP contribution in [-0.4, -0.2) is 13.1 Å². The lowest BCUT2D eigenvalue weighted by Gasteiger charge is -2.26. The number of anilines is 1. The number of para-hydroxylation sites is 1. The number of hydrogen-bond acceptors (Lipinski definition) is 1. The molecule has 1 nitrogen and oxygen atoms in total. The summed E-state index contributed by atoms with van der Waals surface area (Å²) in [5.74, 6) is -0.124. The zero-order valence-corrected chi connectivity index (χ0v) is 9.34. The Labute approximate surface area is 85.5 Å². The molecule has 0 radical (unpaired) electrons. The summed E-state index contributed by atoms with van der Waals surface area (Å²) in [6.45, 7) is 6.17. The largest absolute Gasteiger partial charge is 0.370 e. The first kappa shape index (κ1) is 11.0. The summed E-state index contributed by atoms with van der Waals surface area (Å²) in [6.07, 6.45) is 0.865. The number of aryl methyl sites for hydroxylation is 1. The highest BCUT2D eigenvalue weighted by Gasteiger charge is 2.13. The van der Waals surface area contributed by atoms with Crippen LogP contribution in [0, 0.1) is 5.82 Å². The van der Waals surface area contributed by atoms with Crippen molar-refractivity contribution in [3.05, 3.63) is 29.6 Å². The summed E-state index contributed by atoms with van der Waals surface area (Å²) in [6, 6.07) is 5.59. The van der Waals surface area contributed by atoms with Crippen LogP contribution in [0.1, 0.15) is 26.3 Å². The van der Waals surface area contributed by atoms with Crippen LogP contribution in [0.15, 0.2) is 18.2 Å². The fourth-order valence-corrected chi connectivity index (χ4v) is 1.50. The molecule has 0 aliphatic rings. The topological polar surface area (TPSA) is 3.24 Å². The Kier molecular flexibility index (Phi) is 3.50. The van der Waals surface area contributed by atoms with Gasteiger partial charge in [0.2, 0.25) is 0 Å². The minimum absolute atomic E-state index is 0.124. The Hall–Kier alpha value is -1.05. The third-order valence-corrected chi connectivity index (χ3v) is 2.58. The maximum absolute atomic E-state index is 13.6. The number of halogens is 1. The van der Waals surface area contributed by atoms with Gasteiger partial charge >= 0.3 is 0 Å². The molecule has 0 aliphatic carbocycles. The van der Waals surface area contributed by atoms with Gasteiger partial charge in [-0.05, 0) is 31.9 Å². The molecule has 0 aromatic heterocycles. The molecule has 0 amide bonds. The van der Waals surface area contributed by atoms with E-state index in [0.29, 0.717) is 6.04 Å². The third kappa shape index (κ3) is 2.06. The molecule has 0 atom stereocenters. The van der Waals surface area contributed by atoms with Crippen LogP contribution in [-0.2, 0) is 6.42 Å². The van der Waals surface area contributed by atoms with Crippen molar-refractivity contribution in [1.82, 2.24) is 0 Å². The van der Waals surface area contributed by atoms with Crippen LogP contribution in [0.3, 0.4) is 0 Å². The van der Waals surface area contributed by atoms with E-state index in [-0.39, 0.29) is 5.82 Å². The normalized spacial score (nSPS) is 10.7. The van der Waals surface area contributed by atoms with Gasteiger partial charge < -0.3 is 4.90 Å². The number of benzene rings is 1. The van der Waals surface area contributed by atoms with Crippen molar-refractivity contribution in [2.24, 2.45) is 0 Å². The lowest BCUT2D eigenvalue weighted by Crippen LogP contribution is -2.27. The second kappa shape index (κ2) is 4.45. The summed E-state index contributed by atoms with van der Waals surface area (Å²) in [4.78, 5) is 1.98. The molecular weight excluding hydrogens is 177 g/mol. The van der Waals surface area contributed by atoms with E-state index in [9.17, 15) is 4.39 Å². The van der Waals surface area contributed by atoms with Gasteiger partial charge in [0.1, 0.15) is 5.82 Å². The molecule has 0 N–H and O–H groups in total. The molecule has 0 aliphatic heterocycles. The van der Waals surface area contributed by atoms with Crippen molar-refractivity contribution < 1.29 is 4.39 Å². The van der Waals surface area contributed by atoms with Crippen LogP contribution in [0.2, 0.25) is 0 Å². The van der Waals surface area contributed by atoms with Gasteiger partial charge in [-0.3, -0.25) is 0 Å². The van der Waals surface area contributed by atoms with Crippen molar-refractivity contribution in [1.29, 1.82) is 0 Å². The summed E-state index contributed by atoms with van der Waals surface area (Å²) in [5, 5.41) is 0. The molecule has 0 heterocycles. The minimum Gasteiger partial charge on any atom is -0.370 e. The van der Waals surface area contributed by atoms with Crippen LogP contribution in [0.25, 0.3) is 0 Å². The zero-order valence-electron chi connectivity index (χ0n) is 9.34. The average Bonchev–Trinajstić information content (AvgIpc) is 2.16. The molecule has 0 unspecified atom stereocenters. The third-order valence-electron chi connectivity index (χ3n) is 2.58. The highest BCUT2D eigenvalue weighted by Crippen LogP contribution is 2.25. The van der Waals surface area contributed by atoms with E-state index in [1.165, 1.54) is 6.07 Å². The first-order chi connectivity index (χ1) is 6.57. The van der Waals surface area contributed by atoms with Gasteiger partial charge in [-0.25, -0.2) is 4.39 Å². The predicted molar refractivity (Wildman–Crippen MR) is 59.3 cm³/mol. The fourth-order valence-electron chi connectivity index (χ4n) is 1.50. The quantitative estimate of drug-likeness (QED) is 0.715. The van der Waals surface area contributed by atoms with Crippen molar-refractivity contribution in [3.8, 4) is 0 Å². The molecule has 0 bridgehead atoms. The molecule has 1 rings (SSSR count). The number of nitrogens with zero attached hydrogens (tertiary/aromatic N) is 1. The van der Waals surface area contributed by atoms with E-state index in [4.69, 9.17) is 0 Å². The van der Waals surface area contributed by atoms with E-state index in [0.717, 1.165) is 17.7 Å². The first-order valence-electron chi connectivity index (χ1n) is 5.08. The Balaban J connectivity index is 3.16. The van der Waals surface area contributed by atoms with Crippen molar-refractivity contribution >= 4 is 5.69 Å². The Morgan fingerprint density at radius 3 is 2.50 bits per heavy atom. The number of rotatable bonds is 3. The molecule has 1 aromatic rings. The summed E-state index contributed by atoms with van der Waals surface area (Å²) in [7, 11) is 1.93. The van der Waals surface area contributed by atoms with Crippen molar-refractivity contribution in [3.63, 3.8) is 0 Å². The lowest BCUT2D eigenvalue weighted by atomic mass is 10.1. The highest BCUT2D eigenvalue weighted by molar-refractivity contribution is 5.54. The minimum atomic E-state index is -0.124. The SMILES string of the molecule is CCc1cccc(F)c1N(C)C(C)C. The summed E-state index contributed by atoms with van der Waals surface area (Å²) >= 11 is 0. The molecule has 0 saturated carbocycles. The maximum atomic E-state index is 13.6. The number of hydrogen-bond donors (Lipinski definition) is 0. The van der Waals surface area contributed by atoms with Crippen LogP contribution < -0.4 is 4.90 Å². The Morgan fingerprint density at radius 2 is 2.00 bits per heavy atom. The maximum Gasteiger partial charge on any atom is 0.146 e. The molecule has 0 spiro atoms. The average molecular weight is 195 g/mol. The predicted octanol–water partition coefficient (Wildman–Crippen LogP) is 3.23. The van der Waals surface area contributed by atoms with Gasteiger partial charge in [-0.15, -0.1) is 0 Å². The first-order valence-corrected chi connectivity index (χ1v) is 5.08. The van der Waals surface area contributed by atoms with E-state index >= 15 is 0 Å². The van der Waals surface area contributed by atoms with Gasteiger partial charge in [-0.2, -0.15) is 0 Å². The molecule has 14 heavy (non-hydrogen) atoms. The van der Waals surface area contributed by atoms with E-state index < -0.39 is 0 Å². The monoisotopic (exact) mass is 195 g/mol. The van der Waals surface area contributed by atoms with Crippen LogP contribution >= 0.6 is 0 Å². The molecule has 78 valence electrons. The van der Waals surface area contributed by atoms with Crippen molar-refractivity contribution in [2.75, 3.05) is 11.9 Å². The molecule has 0 saturated heterocycles. The molecule has 2 heteroatoms. The molecule has 1 aromatic carbocycles. The zero-order chi connectivity index (χ0) is 10.7. The lowest BCUT2D eigenvalue weighted by molar-refractivity contribution is 0.611. The standard InChI is InChI=1S/C12H18FN/c1-5-10-7-6-8-11(13)12(10)14(4)9(2)3/h6-9H,5H2,1-4H3. The van der Waals surface area contributed by atoms with Crippen LogP contribution in [0.4, 0.5) is 10.1 Å². The van der Waals surface area contributed by atoms with Crippen LogP contribution in [0.5, 0.6) is 0 Å².